The minimum Gasteiger partial charge on any atom is -0.497 e. The normalized spacial score (nSPS) is 17.3. The van der Waals surface area contributed by atoms with Crippen LogP contribution in [-0.2, 0) is 25.8 Å². The number of fused-ring (bicyclic) bond motifs is 1. The molecule has 124 valence electrons. The van der Waals surface area contributed by atoms with Crippen molar-refractivity contribution < 1.29 is 9.26 Å². The van der Waals surface area contributed by atoms with E-state index < -0.39 is 0 Å². The number of hydrogen-bond donors (Lipinski definition) is 1. The number of benzene rings is 1. The summed E-state index contributed by atoms with van der Waals surface area (Å²) in [4.78, 5) is 0. The fraction of sp³-hybridized carbons (Fsp3) is 0.526. The summed E-state index contributed by atoms with van der Waals surface area (Å²) in [6, 6.07) is 8.98. The van der Waals surface area contributed by atoms with Gasteiger partial charge in [0.2, 0.25) is 0 Å². The van der Waals surface area contributed by atoms with Gasteiger partial charge in [-0.1, -0.05) is 25.1 Å². The van der Waals surface area contributed by atoms with Crippen molar-refractivity contribution in [1.29, 1.82) is 0 Å². The lowest BCUT2D eigenvalue weighted by atomic mass is 9.88. The van der Waals surface area contributed by atoms with Crippen LogP contribution in [0.2, 0.25) is 0 Å². The van der Waals surface area contributed by atoms with Crippen molar-refractivity contribution in [3.8, 4) is 5.75 Å². The Bertz CT molecular complexity index is 649. The molecule has 0 amide bonds. The van der Waals surface area contributed by atoms with Gasteiger partial charge in [0.05, 0.1) is 12.8 Å². The summed E-state index contributed by atoms with van der Waals surface area (Å²) in [5, 5.41) is 7.79. The Morgan fingerprint density at radius 2 is 2.17 bits per heavy atom. The van der Waals surface area contributed by atoms with Crippen LogP contribution >= 0.6 is 0 Å². The van der Waals surface area contributed by atoms with Gasteiger partial charge in [-0.05, 0) is 48.4 Å². The lowest BCUT2D eigenvalue weighted by Crippen LogP contribution is -2.34. The second-order valence-corrected chi connectivity index (χ2v) is 6.84. The molecule has 4 nitrogen and oxygen atoms in total. The number of rotatable bonds is 6. The zero-order chi connectivity index (χ0) is 16.2. The molecule has 1 aromatic carbocycles. The molecule has 3 rings (SSSR count). The number of nitrogens with one attached hydrogen (secondary N) is 1. The van der Waals surface area contributed by atoms with E-state index in [0.29, 0.717) is 12.0 Å². The monoisotopic (exact) mass is 314 g/mol. The van der Waals surface area contributed by atoms with Gasteiger partial charge in [0.25, 0.3) is 0 Å². The SMILES string of the molecule is COc1ccc2c(c1)C[C@H](NCc1cc(CC(C)C)on1)CC2. The molecule has 0 saturated carbocycles. The standard InChI is InChI=1S/C19H26N2O2/c1-13(2)8-19-11-17(21-23-19)12-20-16-6-4-14-5-7-18(22-3)10-15(14)9-16/h5,7,10-11,13,16,20H,4,6,8-9,12H2,1-3H3/t16-/m1/s1. The third-order valence-corrected chi connectivity index (χ3v) is 4.43. The molecule has 1 aromatic heterocycles. The van der Waals surface area contributed by atoms with E-state index in [-0.39, 0.29) is 0 Å². The van der Waals surface area contributed by atoms with Gasteiger partial charge in [-0.3, -0.25) is 0 Å². The highest BCUT2D eigenvalue weighted by molar-refractivity contribution is 5.37. The number of aryl methyl sites for hydroxylation is 1. The van der Waals surface area contributed by atoms with Crippen LogP contribution in [0.4, 0.5) is 0 Å². The van der Waals surface area contributed by atoms with E-state index in [4.69, 9.17) is 9.26 Å². The third kappa shape index (κ3) is 4.14. The van der Waals surface area contributed by atoms with Crippen LogP contribution in [-0.4, -0.2) is 18.3 Å². The number of aromatic nitrogens is 1. The molecule has 0 bridgehead atoms. The average Bonchev–Trinajstić information content (AvgIpc) is 2.98. The van der Waals surface area contributed by atoms with Crippen LogP contribution in [0.1, 0.15) is 42.8 Å². The summed E-state index contributed by atoms with van der Waals surface area (Å²) in [5.74, 6) is 2.52. The molecular formula is C19H26N2O2. The van der Waals surface area contributed by atoms with Gasteiger partial charge in [-0.25, -0.2) is 0 Å². The van der Waals surface area contributed by atoms with Gasteiger partial charge in [0.15, 0.2) is 0 Å². The number of ether oxygens (including phenoxy) is 1. The van der Waals surface area contributed by atoms with Crippen molar-refractivity contribution in [3.05, 3.63) is 46.8 Å². The van der Waals surface area contributed by atoms with Gasteiger partial charge >= 0.3 is 0 Å². The van der Waals surface area contributed by atoms with Gasteiger partial charge in [-0.2, -0.15) is 0 Å². The van der Waals surface area contributed by atoms with Crippen LogP contribution in [0.25, 0.3) is 0 Å². The summed E-state index contributed by atoms with van der Waals surface area (Å²) >= 11 is 0. The van der Waals surface area contributed by atoms with Crippen molar-refractivity contribution in [1.82, 2.24) is 10.5 Å². The summed E-state index contributed by atoms with van der Waals surface area (Å²) in [6.45, 7) is 5.15. The maximum atomic E-state index is 5.40. The highest BCUT2D eigenvalue weighted by Crippen LogP contribution is 2.25. The maximum Gasteiger partial charge on any atom is 0.137 e. The van der Waals surface area contributed by atoms with Gasteiger partial charge in [0, 0.05) is 25.1 Å². The molecule has 4 heteroatoms. The molecule has 0 aliphatic heterocycles. The Morgan fingerprint density at radius 3 is 2.96 bits per heavy atom. The molecule has 0 fully saturated rings. The van der Waals surface area contributed by atoms with E-state index >= 15 is 0 Å². The number of hydrogen-bond acceptors (Lipinski definition) is 4. The molecule has 0 radical (unpaired) electrons. The first-order chi connectivity index (χ1) is 11.1. The van der Waals surface area contributed by atoms with Crippen molar-refractivity contribution >= 4 is 0 Å². The molecule has 1 heterocycles. The minimum absolute atomic E-state index is 0.486. The molecule has 0 saturated heterocycles. The lowest BCUT2D eigenvalue weighted by molar-refractivity contribution is 0.358. The van der Waals surface area contributed by atoms with Crippen LogP contribution < -0.4 is 10.1 Å². The van der Waals surface area contributed by atoms with Crippen LogP contribution in [0, 0.1) is 5.92 Å². The Balaban J connectivity index is 1.56. The average molecular weight is 314 g/mol. The van der Waals surface area contributed by atoms with Crippen LogP contribution in [0.5, 0.6) is 5.75 Å². The third-order valence-electron chi connectivity index (χ3n) is 4.43. The Labute approximate surface area is 138 Å². The molecule has 1 atom stereocenters. The van der Waals surface area contributed by atoms with E-state index in [1.165, 1.54) is 11.1 Å². The summed E-state index contributed by atoms with van der Waals surface area (Å²) < 4.78 is 10.7. The van der Waals surface area contributed by atoms with Crippen molar-refractivity contribution in [3.63, 3.8) is 0 Å². The molecular weight excluding hydrogens is 288 g/mol. The van der Waals surface area contributed by atoms with E-state index in [2.05, 4.69) is 48.6 Å². The molecule has 2 aromatic rings. The molecule has 1 aliphatic carbocycles. The van der Waals surface area contributed by atoms with Gasteiger partial charge in [0.1, 0.15) is 11.5 Å². The molecule has 1 N–H and O–H groups in total. The van der Waals surface area contributed by atoms with E-state index in [1.54, 1.807) is 7.11 Å². The van der Waals surface area contributed by atoms with Gasteiger partial charge in [-0.15, -0.1) is 0 Å². The quantitative estimate of drug-likeness (QED) is 0.886. The highest BCUT2D eigenvalue weighted by Gasteiger charge is 2.19. The first-order valence-electron chi connectivity index (χ1n) is 8.47. The number of methoxy groups -OCH3 is 1. The first kappa shape index (κ1) is 16.1. The zero-order valence-corrected chi connectivity index (χ0v) is 14.3. The van der Waals surface area contributed by atoms with Crippen LogP contribution in [0.3, 0.4) is 0 Å². The van der Waals surface area contributed by atoms with Gasteiger partial charge < -0.3 is 14.6 Å². The van der Waals surface area contributed by atoms with E-state index in [9.17, 15) is 0 Å². The predicted molar refractivity (Wildman–Crippen MR) is 90.7 cm³/mol. The largest absolute Gasteiger partial charge is 0.497 e. The Hall–Kier alpha value is -1.81. The van der Waals surface area contributed by atoms with Crippen LogP contribution in [0.15, 0.2) is 28.8 Å². The summed E-state index contributed by atoms with van der Waals surface area (Å²) in [6.07, 6.45) is 4.28. The molecule has 0 unspecified atom stereocenters. The Kier molecular flexibility index (Phi) is 5.01. The second-order valence-electron chi connectivity index (χ2n) is 6.84. The molecule has 23 heavy (non-hydrogen) atoms. The minimum atomic E-state index is 0.486. The summed E-state index contributed by atoms with van der Waals surface area (Å²) in [7, 11) is 1.72. The summed E-state index contributed by atoms with van der Waals surface area (Å²) in [5.41, 5.74) is 3.84. The second kappa shape index (κ2) is 7.18. The maximum absolute atomic E-state index is 5.40. The number of nitrogens with zero attached hydrogens (tertiary/aromatic N) is 1. The van der Waals surface area contributed by atoms with Crippen molar-refractivity contribution in [2.45, 2.75) is 52.1 Å². The first-order valence-corrected chi connectivity index (χ1v) is 8.47. The topological polar surface area (TPSA) is 47.3 Å². The smallest absolute Gasteiger partial charge is 0.137 e. The zero-order valence-electron chi connectivity index (χ0n) is 14.3. The Morgan fingerprint density at radius 1 is 1.30 bits per heavy atom. The van der Waals surface area contributed by atoms with E-state index in [0.717, 1.165) is 49.4 Å². The van der Waals surface area contributed by atoms with Crippen molar-refractivity contribution in [2.24, 2.45) is 5.92 Å². The fourth-order valence-electron chi connectivity index (χ4n) is 3.22. The predicted octanol–water partition coefficient (Wildman–Crippen LogP) is 3.53. The molecule has 0 spiro atoms. The molecule has 1 aliphatic rings. The fourth-order valence-corrected chi connectivity index (χ4v) is 3.22. The van der Waals surface area contributed by atoms with E-state index in [1.807, 2.05) is 0 Å². The van der Waals surface area contributed by atoms with Crippen molar-refractivity contribution in [2.75, 3.05) is 7.11 Å². The highest BCUT2D eigenvalue weighted by atomic mass is 16.5. The lowest BCUT2D eigenvalue weighted by Gasteiger charge is -2.25.